The van der Waals surface area contributed by atoms with Crippen molar-refractivity contribution in [1.29, 1.82) is 0 Å². The van der Waals surface area contributed by atoms with Crippen molar-refractivity contribution >= 4 is 132 Å². The molecule has 0 saturated carbocycles. The number of aliphatic hydroxyl groups excluding tert-OH is 1. The molecule has 12 heterocycles. The molecule has 3 amide bonds. The summed E-state index contributed by atoms with van der Waals surface area (Å²) in [5.74, 6) is 8.28. The van der Waals surface area contributed by atoms with Gasteiger partial charge in [-0.3, -0.25) is 14.4 Å². The van der Waals surface area contributed by atoms with Crippen LogP contribution in [0.1, 0.15) is 104 Å². The molecule has 0 spiro atoms. The first-order chi connectivity index (χ1) is 61.5. The van der Waals surface area contributed by atoms with Gasteiger partial charge in [-0.05, 0) is 198 Å². The van der Waals surface area contributed by atoms with Crippen molar-refractivity contribution in [2.75, 3.05) is 143 Å². The number of nitrogens with zero attached hydrogens (tertiary/aromatic N) is 12. The minimum Gasteiger partial charge on any atom is -0.494 e. The third-order valence-corrected chi connectivity index (χ3v) is 21.1. The summed E-state index contributed by atoms with van der Waals surface area (Å²) >= 11 is 0. The van der Waals surface area contributed by atoms with Gasteiger partial charge in [0.1, 0.15) is 75.8 Å². The summed E-state index contributed by atoms with van der Waals surface area (Å²) in [5, 5.41) is 80.9. The monoisotopic (exact) mass is 1720 g/mol. The number of benzene rings is 4. The summed E-state index contributed by atoms with van der Waals surface area (Å²) < 4.78 is 29.6. The number of amides is 3. The molecule has 17 N–H and O–H groups in total. The molecule has 5 atom stereocenters. The number of anilines is 16. The SMILES string of the molecule is C=CC(=O)Nc1cc(Nc2c(C)c(NC3CCCNC3)nc3ccnn23)ccc1OCC.C=CC(=O)Nc1cc(OCC)ccc1Nc1c(C)c(NC2CCCNC2)nc2ccnn12.C=CC(O)Nc1cc(OCC)ccc1Nc1cc(NC2CCCNC2)nc2ccnn12.CCOc1ccc(Nc2cc(NC3CCCNC3)nc3ccnn23)cc1NC(=O)CC. The molecule has 4 fully saturated rings. The molecule has 0 radical (unpaired) electrons. The molecule has 4 aromatic carbocycles. The zero-order valence-electron chi connectivity index (χ0n) is 72.5. The van der Waals surface area contributed by atoms with Gasteiger partial charge in [-0.15, -0.1) is 0 Å². The fraction of sp³-hybridized carbons (Fsp3) is 0.367. The van der Waals surface area contributed by atoms with Crippen LogP contribution in [0.4, 0.5) is 92.0 Å². The van der Waals surface area contributed by atoms with E-state index in [1.165, 1.54) is 18.2 Å². The molecular weight excluding hydrogens is 1600 g/mol. The standard InChI is InChI=1S/2C23H29N7O2.2C22H29N7O2/c1-4-21(31)28-18-13-16(8-9-19(18)32-5-2)27-23-15(3)22(26-17-7-6-11-24-14-17)29-20-10-12-25-30(20)23;1-4-21(31)27-19-13-17(32-5-2)8-9-18(19)28-23-15(3)22(26-16-7-6-11-24-14-16)29-20-10-12-25-30(20)23;1-3-22(30)27-17-12-15(7-8-18(17)31-4-2)26-21-13-19(25-16-6-5-10-23-14-16)28-20-9-11-24-29(20)21;1-3-22(30)27-18-12-16(31-4-2)7-8-17(18)26-21-13-19(25-15-6-5-10-23-14-15)28-20-9-11-24-29(20)21/h4,8-10,12-13,17,24,27H,1,5-7,11,14H2,2-3H3,(H,26,29)(H,28,31);4,8-10,12-13,16,24,28H,1,5-7,11,14H2,2-3H3,(H,26,29)(H,27,31);7-9,11-13,16,23,26H,3-6,10,14H2,1-2H3,(H,25,28)(H,27,30);3,7-9,11-13,15,22-23,26-27,30H,1,4-6,10,14H2,2H3,(H,25,28). The van der Waals surface area contributed by atoms with Gasteiger partial charge < -0.3 is 109 Å². The van der Waals surface area contributed by atoms with Gasteiger partial charge in [-0.2, -0.15) is 38.5 Å². The molecule has 126 heavy (non-hydrogen) atoms. The van der Waals surface area contributed by atoms with E-state index in [2.05, 4.69) is 135 Å². The zero-order valence-corrected chi connectivity index (χ0v) is 72.5. The van der Waals surface area contributed by atoms with Crippen molar-refractivity contribution in [3.63, 3.8) is 0 Å². The van der Waals surface area contributed by atoms with Crippen molar-refractivity contribution in [1.82, 2.24) is 79.7 Å². The average molecular weight is 1720 g/mol. The number of fused-ring (bicyclic) bond motifs is 4. The van der Waals surface area contributed by atoms with E-state index in [0.29, 0.717) is 108 Å². The lowest BCUT2D eigenvalue weighted by molar-refractivity contribution is -0.116. The van der Waals surface area contributed by atoms with E-state index in [0.717, 1.165) is 201 Å². The second-order valence-corrected chi connectivity index (χ2v) is 30.3. The first kappa shape index (κ1) is 89.9. The highest BCUT2D eigenvalue weighted by Gasteiger charge is 2.25. The van der Waals surface area contributed by atoms with E-state index in [1.807, 2.05) is 152 Å². The molecule has 5 unspecified atom stereocenters. The summed E-state index contributed by atoms with van der Waals surface area (Å²) in [6, 6.07) is 35.1. The van der Waals surface area contributed by atoms with E-state index in [-0.39, 0.29) is 17.7 Å². The summed E-state index contributed by atoms with van der Waals surface area (Å²) in [4.78, 5) is 54.8. The molecule has 4 aliphatic heterocycles. The lowest BCUT2D eigenvalue weighted by Gasteiger charge is -2.26. The highest BCUT2D eigenvalue weighted by molar-refractivity contribution is 6.02. The minimum atomic E-state index is -0.893. The van der Waals surface area contributed by atoms with Crippen molar-refractivity contribution < 1.29 is 38.4 Å². The van der Waals surface area contributed by atoms with Crippen LogP contribution in [0.5, 0.6) is 23.0 Å². The van der Waals surface area contributed by atoms with Crippen LogP contribution < -0.4 is 104 Å². The Hall–Kier alpha value is -13.8. The normalized spacial score (nSPS) is 16.3. The van der Waals surface area contributed by atoms with Gasteiger partial charge >= 0.3 is 0 Å². The zero-order chi connectivity index (χ0) is 88.3. The Balaban J connectivity index is 0.000000144. The van der Waals surface area contributed by atoms with Crippen LogP contribution in [-0.2, 0) is 14.4 Å². The van der Waals surface area contributed by atoms with Crippen molar-refractivity contribution in [2.45, 2.75) is 137 Å². The van der Waals surface area contributed by atoms with Crippen LogP contribution in [-0.4, -0.2) is 190 Å². The van der Waals surface area contributed by atoms with Crippen LogP contribution in [0, 0.1) is 13.8 Å². The van der Waals surface area contributed by atoms with E-state index < -0.39 is 6.23 Å². The number of nitrogens with one attached hydrogen (secondary N) is 16. The topological polar surface area (TPSA) is 422 Å². The first-order valence-electron chi connectivity index (χ1n) is 43.2. The van der Waals surface area contributed by atoms with Crippen LogP contribution in [0.25, 0.3) is 22.6 Å². The van der Waals surface area contributed by atoms with Gasteiger partial charge in [0, 0.05) is 128 Å². The van der Waals surface area contributed by atoms with Gasteiger partial charge in [0.2, 0.25) is 17.7 Å². The quantitative estimate of drug-likeness (QED) is 0.0103. The van der Waals surface area contributed by atoms with E-state index in [1.54, 1.807) is 48.9 Å². The van der Waals surface area contributed by atoms with Crippen molar-refractivity contribution in [3.05, 3.63) is 183 Å². The summed E-state index contributed by atoms with van der Waals surface area (Å²) in [6.07, 6.45) is 19.3. The third-order valence-electron chi connectivity index (χ3n) is 21.1. The number of aromatic nitrogens is 12. The maximum absolute atomic E-state index is 12.0. The van der Waals surface area contributed by atoms with Crippen LogP contribution in [0.15, 0.2) is 172 Å². The molecule has 0 bridgehead atoms. The Morgan fingerprint density at radius 1 is 0.444 bits per heavy atom. The molecule has 16 rings (SSSR count). The Morgan fingerprint density at radius 3 is 1.29 bits per heavy atom. The number of carbonyl (C=O) groups is 3. The molecule has 664 valence electrons. The van der Waals surface area contributed by atoms with Crippen LogP contribution in [0.3, 0.4) is 0 Å². The lowest BCUT2D eigenvalue weighted by Crippen LogP contribution is -2.38. The molecule has 0 aliphatic carbocycles. The lowest BCUT2D eigenvalue weighted by atomic mass is 10.1. The maximum Gasteiger partial charge on any atom is 0.247 e. The van der Waals surface area contributed by atoms with E-state index >= 15 is 0 Å². The predicted molar refractivity (Wildman–Crippen MR) is 499 cm³/mol. The van der Waals surface area contributed by atoms with Crippen molar-refractivity contribution in [2.24, 2.45) is 0 Å². The van der Waals surface area contributed by atoms with Gasteiger partial charge in [-0.1, -0.05) is 26.7 Å². The molecule has 4 saturated heterocycles. The molecular formula is C90H116N28O8. The Morgan fingerprint density at radius 2 is 0.849 bits per heavy atom. The Kier molecular flexibility index (Phi) is 31.8. The molecule has 8 aromatic heterocycles. The number of ether oxygens (including phenoxy) is 4. The minimum absolute atomic E-state index is 0.0657. The summed E-state index contributed by atoms with van der Waals surface area (Å²) in [6.45, 7) is 34.2. The fourth-order valence-corrected chi connectivity index (χ4v) is 14.8. The van der Waals surface area contributed by atoms with Crippen LogP contribution in [0.2, 0.25) is 0 Å². The number of hydrogen-bond acceptors (Lipinski definition) is 29. The number of piperidine rings is 4. The van der Waals surface area contributed by atoms with Gasteiger partial charge in [0.15, 0.2) is 22.6 Å². The van der Waals surface area contributed by atoms with Crippen LogP contribution >= 0.6 is 0 Å². The number of aliphatic hydroxyl groups is 1. The van der Waals surface area contributed by atoms with Gasteiger partial charge in [0.25, 0.3) is 0 Å². The second-order valence-electron chi connectivity index (χ2n) is 30.3. The molecule has 12 aromatic rings. The Labute approximate surface area is 732 Å². The smallest absolute Gasteiger partial charge is 0.247 e. The Bertz CT molecular complexity index is 5690. The maximum atomic E-state index is 12.0. The highest BCUT2D eigenvalue weighted by Crippen LogP contribution is 2.38. The number of hydrogen-bond donors (Lipinski definition) is 17. The van der Waals surface area contributed by atoms with Crippen molar-refractivity contribution in [3.8, 4) is 23.0 Å². The number of rotatable bonds is 33. The first-order valence-corrected chi connectivity index (χ1v) is 43.2. The highest BCUT2D eigenvalue weighted by atomic mass is 16.5. The summed E-state index contributed by atoms with van der Waals surface area (Å²) in [5.41, 5.74) is 10.4. The van der Waals surface area contributed by atoms with E-state index in [9.17, 15) is 19.5 Å². The van der Waals surface area contributed by atoms with Gasteiger partial charge in [0.05, 0.1) is 85.3 Å². The molecule has 36 heteroatoms. The predicted octanol–water partition coefficient (Wildman–Crippen LogP) is 13.3. The molecule has 36 nitrogen and oxygen atoms in total. The average Bonchev–Trinajstić information content (AvgIpc) is 1.75. The fourth-order valence-electron chi connectivity index (χ4n) is 14.8. The number of carbonyl (C=O) groups excluding carboxylic acids is 3. The molecule has 4 aliphatic rings. The van der Waals surface area contributed by atoms with Gasteiger partial charge in [-0.25, -0.2) is 19.9 Å². The van der Waals surface area contributed by atoms with E-state index in [4.69, 9.17) is 28.9 Å². The third kappa shape index (κ3) is 24.0. The summed E-state index contributed by atoms with van der Waals surface area (Å²) in [7, 11) is 0. The second kappa shape index (κ2) is 44.5. The largest absolute Gasteiger partial charge is 0.494 e.